The monoisotopic (exact) mass is 301 g/mol. The number of para-hydroxylation sites is 1. The summed E-state index contributed by atoms with van der Waals surface area (Å²) in [7, 11) is 0. The second-order valence-corrected chi connectivity index (χ2v) is 5.20. The molecule has 1 atom stereocenters. The van der Waals surface area contributed by atoms with E-state index in [-0.39, 0.29) is 11.5 Å². The van der Waals surface area contributed by atoms with Crippen molar-refractivity contribution in [2.45, 2.75) is 12.8 Å². The van der Waals surface area contributed by atoms with Gasteiger partial charge in [0.15, 0.2) is 0 Å². The van der Waals surface area contributed by atoms with Crippen LogP contribution in [-0.4, -0.2) is 39.5 Å². The zero-order chi connectivity index (χ0) is 15.7. The molecule has 1 aromatic heterocycles. The van der Waals surface area contributed by atoms with Gasteiger partial charge in [-0.25, -0.2) is 0 Å². The topological polar surface area (TPSA) is 102 Å². The smallest absolute Gasteiger partial charge is 0.266 e. The van der Waals surface area contributed by atoms with E-state index in [1.54, 1.807) is 0 Å². The van der Waals surface area contributed by atoms with Gasteiger partial charge in [0, 0.05) is 23.6 Å². The molecule has 1 fully saturated rings. The molecule has 0 spiro atoms. The van der Waals surface area contributed by atoms with E-state index in [9.17, 15) is 14.4 Å². The van der Waals surface area contributed by atoms with Gasteiger partial charge in [0.2, 0.25) is 5.91 Å². The predicted octanol–water partition coefficient (Wildman–Crippen LogP) is 0.591. The number of carbonyl (C=O) groups is 3. The van der Waals surface area contributed by atoms with Gasteiger partial charge in [0.1, 0.15) is 5.92 Å². The molecule has 7 heteroatoms. The third kappa shape index (κ3) is 2.46. The molecule has 1 aliphatic heterocycles. The number of fused-ring (bicyclic) bond motifs is 1. The zero-order valence-electron chi connectivity index (χ0n) is 11.7. The third-order valence-corrected chi connectivity index (χ3v) is 3.81. The van der Waals surface area contributed by atoms with Crippen molar-refractivity contribution >= 4 is 28.6 Å². The van der Waals surface area contributed by atoms with Crippen LogP contribution < -0.4 is 5.32 Å². The van der Waals surface area contributed by atoms with Crippen LogP contribution in [0.4, 0.5) is 0 Å². The Morgan fingerprint density at radius 1 is 1.36 bits per heavy atom. The minimum Gasteiger partial charge on any atom is -0.361 e. The van der Waals surface area contributed by atoms with Gasteiger partial charge < -0.3 is 10.3 Å². The van der Waals surface area contributed by atoms with Gasteiger partial charge in [0.25, 0.3) is 11.8 Å². The Morgan fingerprint density at radius 2 is 2.14 bits per heavy atom. The highest BCUT2D eigenvalue weighted by molar-refractivity contribution is 6.12. The van der Waals surface area contributed by atoms with Crippen LogP contribution in [0.25, 0.3) is 10.9 Å². The van der Waals surface area contributed by atoms with E-state index in [0.29, 0.717) is 13.0 Å². The number of hydrogen-bond acceptors (Lipinski definition) is 4. The number of aromatic nitrogens is 1. The Labute approximate surface area is 125 Å². The van der Waals surface area contributed by atoms with Gasteiger partial charge in [-0.05, 0) is 18.1 Å². The first-order valence-corrected chi connectivity index (χ1v) is 6.96. The number of nitrogens with zero attached hydrogens (tertiary/aromatic N) is 1. The lowest BCUT2D eigenvalue weighted by Gasteiger charge is -2.08. The minimum atomic E-state index is -1.12. The predicted molar refractivity (Wildman–Crippen MR) is 76.8 cm³/mol. The van der Waals surface area contributed by atoms with Gasteiger partial charge in [0.05, 0.1) is 6.42 Å². The Balaban J connectivity index is 1.58. The normalized spacial score (nSPS) is 18.2. The van der Waals surface area contributed by atoms with E-state index in [4.69, 9.17) is 5.21 Å². The summed E-state index contributed by atoms with van der Waals surface area (Å²) in [6, 6.07) is 7.84. The molecule has 7 nitrogen and oxygen atoms in total. The highest BCUT2D eigenvalue weighted by Crippen LogP contribution is 2.19. The van der Waals surface area contributed by atoms with Crippen LogP contribution in [0.2, 0.25) is 0 Å². The van der Waals surface area contributed by atoms with Crippen LogP contribution in [0.1, 0.15) is 12.0 Å². The fourth-order valence-electron chi connectivity index (χ4n) is 2.61. The number of benzene rings is 1. The highest BCUT2D eigenvalue weighted by Gasteiger charge is 2.42. The molecule has 0 saturated carbocycles. The van der Waals surface area contributed by atoms with E-state index in [1.807, 2.05) is 30.5 Å². The summed E-state index contributed by atoms with van der Waals surface area (Å²) in [6.45, 7) is 0.351. The molecule has 2 aromatic rings. The molecule has 3 rings (SSSR count). The first-order valence-electron chi connectivity index (χ1n) is 6.96. The molecular weight excluding hydrogens is 286 g/mol. The van der Waals surface area contributed by atoms with Crippen LogP contribution in [0.3, 0.4) is 0 Å². The second-order valence-electron chi connectivity index (χ2n) is 5.20. The van der Waals surface area contributed by atoms with E-state index in [1.165, 1.54) is 0 Å². The van der Waals surface area contributed by atoms with Crippen LogP contribution in [0, 0.1) is 5.92 Å². The Kier molecular flexibility index (Phi) is 3.64. The fourth-order valence-corrected chi connectivity index (χ4v) is 2.61. The van der Waals surface area contributed by atoms with E-state index in [0.717, 1.165) is 16.5 Å². The molecule has 3 amide bonds. The number of aromatic amines is 1. The number of carbonyl (C=O) groups excluding carboxylic acids is 3. The van der Waals surface area contributed by atoms with Crippen molar-refractivity contribution in [1.29, 1.82) is 0 Å². The van der Waals surface area contributed by atoms with Crippen molar-refractivity contribution in [3.8, 4) is 0 Å². The van der Waals surface area contributed by atoms with Crippen LogP contribution in [0.5, 0.6) is 0 Å². The fraction of sp³-hybridized carbons (Fsp3) is 0.267. The number of imide groups is 1. The zero-order valence-corrected chi connectivity index (χ0v) is 11.7. The summed E-state index contributed by atoms with van der Waals surface area (Å²) >= 11 is 0. The van der Waals surface area contributed by atoms with Crippen LogP contribution in [-0.2, 0) is 20.8 Å². The molecule has 1 unspecified atom stereocenters. The number of rotatable bonds is 4. The average Bonchev–Trinajstić information content (AvgIpc) is 3.04. The van der Waals surface area contributed by atoms with Gasteiger partial charge in [-0.3, -0.25) is 19.6 Å². The minimum absolute atomic E-state index is 0.0178. The first-order chi connectivity index (χ1) is 10.6. The molecule has 0 bridgehead atoms. The first kappa shape index (κ1) is 14.3. The van der Waals surface area contributed by atoms with E-state index >= 15 is 0 Å². The summed E-state index contributed by atoms with van der Waals surface area (Å²) in [4.78, 5) is 37.7. The quantitative estimate of drug-likeness (QED) is 0.437. The van der Waals surface area contributed by atoms with Crippen LogP contribution >= 0.6 is 0 Å². The lowest BCUT2D eigenvalue weighted by molar-refractivity contribution is -0.172. The Hall–Kier alpha value is -2.67. The Bertz CT molecular complexity index is 752. The maximum Gasteiger partial charge on any atom is 0.266 e. The van der Waals surface area contributed by atoms with Crippen LogP contribution in [0.15, 0.2) is 30.5 Å². The molecule has 0 aliphatic carbocycles. The number of amides is 3. The van der Waals surface area contributed by atoms with E-state index in [2.05, 4.69) is 10.3 Å². The van der Waals surface area contributed by atoms with Gasteiger partial charge in [-0.1, -0.05) is 18.2 Å². The average molecular weight is 301 g/mol. The molecule has 0 radical (unpaired) electrons. The molecule has 114 valence electrons. The maximum atomic E-state index is 11.9. The molecule has 1 saturated heterocycles. The van der Waals surface area contributed by atoms with Crippen molar-refractivity contribution in [3.05, 3.63) is 36.0 Å². The Morgan fingerprint density at radius 3 is 2.86 bits per heavy atom. The van der Waals surface area contributed by atoms with Crippen molar-refractivity contribution in [3.63, 3.8) is 0 Å². The largest absolute Gasteiger partial charge is 0.361 e. The molecular formula is C15H15N3O4. The molecule has 2 heterocycles. The molecule has 3 N–H and O–H groups in total. The van der Waals surface area contributed by atoms with Gasteiger partial charge in [-0.15, -0.1) is 0 Å². The van der Waals surface area contributed by atoms with Gasteiger partial charge in [-0.2, -0.15) is 5.06 Å². The van der Waals surface area contributed by atoms with Crippen molar-refractivity contribution in [2.24, 2.45) is 5.92 Å². The number of H-pyrrole nitrogens is 1. The molecule has 1 aromatic carbocycles. The van der Waals surface area contributed by atoms with Gasteiger partial charge >= 0.3 is 0 Å². The molecule has 1 aliphatic rings. The van der Waals surface area contributed by atoms with Crippen molar-refractivity contribution < 1.29 is 19.6 Å². The standard InChI is InChI=1S/C15H15N3O4/c19-13-7-11(15(21)18(13)22)14(20)16-6-5-9-8-17-12-4-2-1-3-10(9)12/h1-4,8,11,17,22H,5-7H2,(H,16,20). The summed E-state index contributed by atoms with van der Waals surface area (Å²) in [5.41, 5.74) is 2.09. The SMILES string of the molecule is O=C(NCCc1c[nH]c2ccccc12)C1CC(=O)N(O)C1=O. The number of nitrogens with one attached hydrogen (secondary N) is 2. The number of hydroxylamine groups is 2. The molecule has 22 heavy (non-hydrogen) atoms. The second kappa shape index (κ2) is 5.61. The summed E-state index contributed by atoms with van der Waals surface area (Å²) in [5, 5.41) is 12.9. The summed E-state index contributed by atoms with van der Waals surface area (Å²) < 4.78 is 0. The highest BCUT2D eigenvalue weighted by atomic mass is 16.5. The maximum absolute atomic E-state index is 11.9. The summed E-state index contributed by atoms with van der Waals surface area (Å²) in [5.74, 6) is -3.27. The lowest BCUT2D eigenvalue weighted by atomic mass is 10.1. The lowest BCUT2D eigenvalue weighted by Crippen LogP contribution is -2.36. The van der Waals surface area contributed by atoms with E-state index < -0.39 is 23.6 Å². The summed E-state index contributed by atoms with van der Waals surface area (Å²) in [6.07, 6.45) is 2.21. The number of hydrogen-bond donors (Lipinski definition) is 3. The van der Waals surface area contributed by atoms with Crippen molar-refractivity contribution in [2.75, 3.05) is 6.54 Å². The van der Waals surface area contributed by atoms with Crippen molar-refractivity contribution in [1.82, 2.24) is 15.4 Å². The third-order valence-electron chi connectivity index (χ3n) is 3.81.